The number of rotatable bonds is 9. The number of hydrogen-bond donors (Lipinski definition) is 0. The van der Waals surface area contributed by atoms with Crippen LogP contribution in [-0.4, -0.2) is 12.4 Å². The zero-order valence-corrected chi connectivity index (χ0v) is 12.4. The lowest BCUT2D eigenvalue weighted by Crippen LogP contribution is -2.04. The molecule has 0 heterocycles. The minimum atomic E-state index is 0.295. The van der Waals surface area contributed by atoms with Crippen molar-refractivity contribution in [3.63, 3.8) is 0 Å². The number of aryl methyl sites for hydroxylation is 1. The number of benzene rings is 1. The van der Waals surface area contributed by atoms with Gasteiger partial charge in [-0.15, -0.1) is 0 Å². The Balaban J connectivity index is 2.29. The first-order valence-corrected chi connectivity index (χ1v) is 7.29. The van der Waals surface area contributed by atoms with Gasteiger partial charge >= 0.3 is 0 Å². The number of Topliss-reactive ketones (excluding diaryl/α,β-unsaturated/α-hetero) is 1. The standard InChI is InChI=1S/C17H26O2/c1-14(2)13-19-17-11-7-10-16(12-17)9-6-4-5-8-15(3)18/h7,10-12,14H,4-6,8-9,13H2,1-3H3. The lowest BCUT2D eigenvalue weighted by atomic mass is 10.1. The number of carbonyl (C=O) groups is 1. The minimum Gasteiger partial charge on any atom is -0.493 e. The van der Waals surface area contributed by atoms with E-state index in [-0.39, 0.29) is 0 Å². The molecule has 0 atom stereocenters. The Morgan fingerprint density at radius 2 is 2.00 bits per heavy atom. The average Bonchev–Trinajstić information content (AvgIpc) is 2.36. The van der Waals surface area contributed by atoms with Crippen molar-refractivity contribution in [1.29, 1.82) is 0 Å². The SMILES string of the molecule is CC(=O)CCCCCc1cccc(OCC(C)C)c1. The van der Waals surface area contributed by atoms with Gasteiger partial charge in [-0.1, -0.05) is 32.4 Å². The maximum atomic E-state index is 10.8. The first-order valence-electron chi connectivity index (χ1n) is 7.29. The van der Waals surface area contributed by atoms with E-state index in [2.05, 4.69) is 32.0 Å². The van der Waals surface area contributed by atoms with Crippen molar-refractivity contribution in [3.05, 3.63) is 29.8 Å². The first kappa shape index (κ1) is 15.7. The summed E-state index contributed by atoms with van der Waals surface area (Å²) in [4.78, 5) is 10.8. The molecule has 0 aromatic heterocycles. The molecule has 0 saturated heterocycles. The monoisotopic (exact) mass is 262 g/mol. The second-order valence-electron chi connectivity index (χ2n) is 5.61. The zero-order valence-electron chi connectivity index (χ0n) is 12.4. The Labute approximate surface area is 117 Å². The van der Waals surface area contributed by atoms with E-state index >= 15 is 0 Å². The fourth-order valence-electron chi connectivity index (χ4n) is 1.93. The highest BCUT2D eigenvalue weighted by atomic mass is 16.5. The Hall–Kier alpha value is -1.31. The molecule has 0 aliphatic rings. The van der Waals surface area contributed by atoms with Crippen LogP contribution in [0.2, 0.25) is 0 Å². The third-order valence-corrected chi connectivity index (χ3v) is 2.98. The van der Waals surface area contributed by atoms with Crippen LogP contribution < -0.4 is 4.74 Å². The molecule has 19 heavy (non-hydrogen) atoms. The lowest BCUT2D eigenvalue weighted by molar-refractivity contribution is -0.117. The number of hydrogen-bond acceptors (Lipinski definition) is 2. The van der Waals surface area contributed by atoms with Crippen molar-refractivity contribution in [3.8, 4) is 5.75 Å². The van der Waals surface area contributed by atoms with E-state index in [4.69, 9.17) is 4.74 Å². The second-order valence-corrected chi connectivity index (χ2v) is 5.61. The van der Waals surface area contributed by atoms with Crippen LogP contribution in [0.15, 0.2) is 24.3 Å². The molecule has 1 aromatic carbocycles. The van der Waals surface area contributed by atoms with Gasteiger partial charge in [-0.3, -0.25) is 0 Å². The van der Waals surface area contributed by atoms with Crippen LogP contribution in [0.4, 0.5) is 0 Å². The molecule has 0 radical (unpaired) electrons. The van der Waals surface area contributed by atoms with E-state index in [0.29, 0.717) is 11.7 Å². The van der Waals surface area contributed by atoms with Gasteiger partial charge in [0, 0.05) is 6.42 Å². The molecular weight excluding hydrogens is 236 g/mol. The summed E-state index contributed by atoms with van der Waals surface area (Å²) in [5, 5.41) is 0. The third kappa shape index (κ3) is 7.66. The van der Waals surface area contributed by atoms with Gasteiger partial charge in [-0.2, -0.15) is 0 Å². The van der Waals surface area contributed by atoms with Gasteiger partial charge in [0.2, 0.25) is 0 Å². The molecule has 0 N–H and O–H groups in total. The maximum Gasteiger partial charge on any atom is 0.129 e. The molecule has 0 amide bonds. The molecule has 0 saturated carbocycles. The van der Waals surface area contributed by atoms with Gasteiger partial charge in [0.15, 0.2) is 0 Å². The summed E-state index contributed by atoms with van der Waals surface area (Å²) in [6, 6.07) is 8.35. The average molecular weight is 262 g/mol. The predicted molar refractivity (Wildman–Crippen MR) is 79.6 cm³/mol. The number of unbranched alkanes of at least 4 members (excludes halogenated alkanes) is 2. The minimum absolute atomic E-state index is 0.295. The largest absolute Gasteiger partial charge is 0.493 e. The number of ketones is 1. The fraction of sp³-hybridized carbons (Fsp3) is 0.588. The Bertz CT molecular complexity index is 383. The van der Waals surface area contributed by atoms with Gasteiger partial charge in [0.05, 0.1) is 6.61 Å². The molecule has 1 aromatic rings. The Morgan fingerprint density at radius 3 is 2.68 bits per heavy atom. The molecule has 106 valence electrons. The van der Waals surface area contributed by atoms with Crippen LogP contribution in [0, 0.1) is 5.92 Å². The maximum absolute atomic E-state index is 10.8. The van der Waals surface area contributed by atoms with Crippen molar-refractivity contribution in [2.24, 2.45) is 5.92 Å². The highest BCUT2D eigenvalue weighted by Gasteiger charge is 2.00. The molecule has 0 aliphatic carbocycles. The summed E-state index contributed by atoms with van der Waals surface area (Å²) in [7, 11) is 0. The van der Waals surface area contributed by atoms with E-state index in [1.807, 2.05) is 6.07 Å². The van der Waals surface area contributed by atoms with Crippen LogP contribution in [-0.2, 0) is 11.2 Å². The third-order valence-electron chi connectivity index (χ3n) is 2.98. The van der Waals surface area contributed by atoms with Gasteiger partial charge < -0.3 is 9.53 Å². The van der Waals surface area contributed by atoms with Crippen molar-refractivity contribution in [1.82, 2.24) is 0 Å². The van der Waals surface area contributed by atoms with Crippen LogP contribution in [0.25, 0.3) is 0 Å². The summed E-state index contributed by atoms with van der Waals surface area (Å²) < 4.78 is 5.72. The van der Waals surface area contributed by atoms with Gasteiger partial charge in [-0.05, 0) is 49.8 Å². The molecule has 0 bridgehead atoms. The molecular formula is C17H26O2. The summed E-state index contributed by atoms with van der Waals surface area (Å²) in [5.74, 6) is 1.81. The van der Waals surface area contributed by atoms with Crippen LogP contribution in [0.3, 0.4) is 0 Å². The molecule has 1 rings (SSSR count). The number of carbonyl (C=O) groups excluding carboxylic acids is 1. The predicted octanol–water partition coefficient (Wildman–Crippen LogP) is 4.41. The van der Waals surface area contributed by atoms with Crippen LogP contribution in [0.5, 0.6) is 5.75 Å². The Morgan fingerprint density at radius 1 is 1.21 bits per heavy atom. The van der Waals surface area contributed by atoms with E-state index in [1.54, 1.807) is 6.92 Å². The smallest absolute Gasteiger partial charge is 0.129 e. The van der Waals surface area contributed by atoms with E-state index in [0.717, 1.165) is 44.5 Å². The fourth-order valence-corrected chi connectivity index (χ4v) is 1.93. The van der Waals surface area contributed by atoms with Crippen LogP contribution >= 0.6 is 0 Å². The molecule has 0 fully saturated rings. The lowest BCUT2D eigenvalue weighted by Gasteiger charge is -2.10. The molecule has 2 nitrogen and oxygen atoms in total. The molecule has 0 aliphatic heterocycles. The summed E-state index contributed by atoms with van der Waals surface area (Å²) in [5.41, 5.74) is 1.32. The normalized spacial score (nSPS) is 10.7. The van der Waals surface area contributed by atoms with Crippen molar-refractivity contribution in [2.45, 2.75) is 52.9 Å². The highest BCUT2D eigenvalue weighted by Crippen LogP contribution is 2.16. The Kier molecular flexibility index (Phi) is 7.24. The van der Waals surface area contributed by atoms with E-state index < -0.39 is 0 Å². The zero-order chi connectivity index (χ0) is 14.1. The summed E-state index contributed by atoms with van der Waals surface area (Å²) >= 11 is 0. The number of ether oxygens (including phenoxy) is 1. The topological polar surface area (TPSA) is 26.3 Å². The van der Waals surface area contributed by atoms with Gasteiger partial charge in [-0.25, -0.2) is 0 Å². The molecule has 0 spiro atoms. The molecule has 0 unspecified atom stereocenters. The second kappa shape index (κ2) is 8.73. The first-order chi connectivity index (χ1) is 9.08. The van der Waals surface area contributed by atoms with E-state index in [1.165, 1.54) is 5.56 Å². The van der Waals surface area contributed by atoms with E-state index in [9.17, 15) is 4.79 Å². The van der Waals surface area contributed by atoms with Gasteiger partial charge in [0.25, 0.3) is 0 Å². The van der Waals surface area contributed by atoms with Crippen molar-refractivity contribution < 1.29 is 9.53 Å². The van der Waals surface area contributed by atoms with Crippen molar-refractivity contribution >= 4 is 5.78 Å². The van der Waals surface area contributed by atoms with Crippen LogP contribution in [0.1, 0.15) is 52.0 Å². The quantitative estimate of drug-likeness (QED) is 0.616. The molecule has 2 heteroatoms. The summed E-state index contributed by atoms with van der Waals surface area (Å²) in [6.07, 6.45) is 5.06. The summed E-state index contributed by atoms with van der Waals surface area (Å²) in [6.45, 7) is 6.73. The van der Waals surface area contributed by atoms with Gasteiger partial charge in [0.1, 0.15) is 11.5 Å². The van der Waals surface area contributed by atoms with Crippen molar-refractivity contribution in [2.75, 3.05) is 6.61 Å². The highest BCUT2D eigenvalue weighted by molar-refractivity contribution is 5.75.